The van der Waals surface area contributed by atoms with Crippen molar-refractivity contribution < 1.29 is 19.8 Å². The van der Waals surface area contributed by atoms with E-state index >= 15 is 0 Å². The van der Waals surface area contributed by atoms with Crippen LogP contribution in [0.4, 0.5) is 0 Å². The molecule has 0 saturated carbocycles. The number of aliphatic hydroxyl groups excluding tert-OH is 1. The zero-order valence-electron chi connectivity index (χ0n) is 8.18. The van der Waals surface area contributed by atoms with Crippen LogP contribution in [0.5, 0.6) is 0 Å². The lowest BCUT2D eigenvalue weighted by Gasteiger charge is -2.08. The van der Waals surface area contributed by atoms with E-state index in [4.69, 9.17) is 10.2 Å². The number of amides is 1. The number of hydrogen-bond acceptors (Lipinski definition) is 3. The molecule has 3 N–H and O–H groups in total. The fourth-order valence-electron chi connectivity index (χ4n) is 1.02. The molecule has 1 amide bonds. The van der Waals surface area contributed by atoms with Crippen molar-refractivity contribution in [2.75, 3.05) is 6.54 Å². The summed E-state index contributed by atoms with van der Waals surface area (Å²) >= 11 is 2.01. The zero-order chi connectivity index (χ0) is 12.1. The van der Waals surface area contributed by atoms with Crippen molar-refractivity contribution in [2.24, 2.45) is 0 Å². The van der Waals surface area contributed by atoms with Gasteiger partial charge >= 0.3 is 5.97 Å². The van der Waals surface area contributed by atoms with Crippen molar-refractivity contribution in [1.82, 2.24) is 5.32 Å². The van der Waals surface area contributed by atoms with Crippen LogP contribution in [0.15, 0.2) is 24.3 Å². The number of carbonyl (C=O) groups is 2. The van der Waals surface area contributed by atoms with Gasteiger partial charge in [-0.15, -0.1) is 0 Å². The van der Waals surface area contributed by atoms with E-state index in [1.807, 2.05) is 22.6 Å². The largest absolute Gasteiger partial charge is 0.479 e. The Morgan fingerprint density at radius 3 is 2.56 bits per heavy atom. The second-order valence-corrected chi connectivity index (χ2v) is 4.21. The summed E-state index contributed by atoms with van der Waals surface area (Å²) in [6, 6.07) is 6.91. The van der Waals surface area contributed by atoms with Crippen LogP contribution in [0.1, 0.15) is 10.4 Å². The van der Waals surface area contributed by atoms with Gasteiger partial charge in [-0.3, -0.25) is 4.79 Å². The summed E-state index contributed by atoms with van der Waals surface area (Å²) < 4.78 is 0.766. The van der Waals surface area contributed by atoms with Crippen LogP contribution in [0.25, 0.3) is 0 Å². The zero-order valence-corrected chi connectivity index (χ0v) is 10.3. The van der Waals surface area contributed by atoms with Crippen molar-refractivity contribution >= 4 is 34.5 Å². The number of nitrogens with one attached hydrogen (secondary N) is 1. The van der Waals surface area contributed by atoms with Crippen LogP contribution in [0.3, 0.4) is 0 Å². The summed E-state index contributed by atoms with van der Waals surface area (Å²) in [6.07, 6.45) is -1.58. The van der Waals surface area contributed by atoms with Gasteiger partial charge in [-0.25, -0.2) is 4.79 Å². The molecule has 0 saturated heterocycles. The molecule has 1 aromatic rings. The predicted octanol–water partition coefficient (Wildman–Crippen LogP) is 0.466. The number of aliphatic hydroxyl groups is 1. The molecule has 0 radical (unpaired) electrons. The summed E-state index contributed by atoms with van der Waals surface area (Å²) in [6.45, 7) is -0.306. The van der Waals surface area contributed by atoms with Crippen molar-refractivity contribution in [2.45, 2.75) is 6.10 Å². The normalized spacial score (nSPS) is 11.9. The van der Waals surface area contributed by atoms with Crippen LogP contribution >= 0.6 is 22.6 Å². The molecule has 1 unspecified atom stereocenters. The van der Waals surface area contributed by atoms with Gasteiger partial charge in [-0.05, 0) is 34.7 Å². The second kappa shape index (κ2) is 5.80. The quantitative estimate of drug-likeness (QED) is 0.698. The number of benzene rings is 1. The van der Waals surface area contributed by atoms with E-state index in [1.54, 1.807) is 24.3 Å². The van der Waals surface area contributed by atoms with Gasteiger partial charge in [-0.2, -0.15) is 0 Å². The van der Waals surface area contributed by atoms with Crippen LogP contribution in [0, 0.1) is 3.57 Å². The van der Waals surface area contributed by atoms with Gasteiger partial charge in [0.15, 0.2) is 6.10 Å². The minimum absolute atomic E-state index is 0.306. The third-order valence-corrected chi connectivity index (χ3v) is 2.80. The van der Waals surface area contributed by atoms with E-state index < -0.39 is 18.0 Å². The minimum atomic E-state index is -1.58. The molecule has 16 heavy (non-hydrogen) atoms. The van der Waals surface area contributed by atoms with Gasteiger partial charge in [0.1, 0.15) is 0 Å². The van der Waals surface area contributed by atoms with Crippen LogP contribution < -0.4 is 5.32 Å². The number of rotatable bonds is 4. The summed E-state index contributed by atoms with van der Waals surface area (Å²) in [7, 11) is 0. The second-order valence-electron chi connectivity index (χ2n) is 3.04. The molecule has 0 aliphatic rings. The summed E-state index contributed by atoms with van der Waals surface area (Å²) in [5.74, 6) is -1.76. The fourth-order valence-corrected chi connectivity index (χ4v) is 1.65. The molecule has 6 heteroatoms. The first kappa shape index (κ1) is 12.9. The number of carboxylic acid groups (broad SMARTS) is 1. The lowest BCUT2D eigenvalue weighted by atomic mass is 10.2. The van der Waals surface area contributed by atoms with Gasteiger partial charge in [0.2, 0.25) is 0 Å². The molecule has 0 fully saturated rings. The predicted molar refractivity (Wildman–Crippen MR) is 65.1 cm³/mol. The van der Waals surface area contributed by atoms with E-state index in [0.29, 0.717) is 5.56 Å². The topological polar surface area (TPSA) is 86.6 Å². The van der Waals surface area contributed by atoms with Crippen molar-refractivity contribution in [1.29, 1.82) is 0 Å². The highest BCUT2D eigenvalue weighted by Gasteiger charge is 2.15. The van der Waals surface area contributed by atoms with E-state index in [9.17, 15) is 9.59 Å². The molecule has 0 bridgehead atoms. The maximum Gasteiger partial charge on any atom is 0.334 e. The third kappa shape index (κ3) is 3.46. The summed E-state index contributed by atoms with van der Waals surface area (Å²) in [5, 5.41) is 19.7. The van der Waals surface area contributed by atoms with Crippen molar-refractivity contribution in [3.8, 4) is 0 Å². The van der Waals surface area contributed by atoms with Gasteiger partial charge in [0, 0.05) is 3.57 Å². The highest BCUT2D eigenvalue weighted by molar-refractivity contribution is 14.1. The van der Waals surface area contributed by atoms with Gasteiger partial charge in [-0.1, -0.05) is 12.1 Å². The third-order valence-electron chi connectivity index (χ3n) is 1.86. The van der Waals surface area contributed by atoms with Crippen LogP contribution in [0.2, 0.25) is 0 Å². The lowest BCUT2D eigenvalue weighted by Crippen LogP contribution is -2.36. The molecule has 1 atom stereocenters. The molecule has 1 rings (SSSR count). The highest BCUT2D eigenvalue weighted by Crippen LogP contribution is 2.10. The summed E-state index contributed by atoms with van der Waals surface area (Å²) in [4.78, 5) is 21.9. The first-order valence-corrected chi connectivity index (χ1v) is 5.54. The lowest BCUT2D eigenvalue weighted by molar-refractivity contribution is -0.146. The Hall–Kier alpha value is -1.15. The van der Waals surface area contributed by atoms with E-state index in [0.717, 1.165) is 3.57 Å². The maximum absolute atomic E-state index is 11.6. The molecular weight excluding hydrogens is 325 g/mol. The van der Waals surface area contributed by atoms with Crippen LogP contribution in [-0.2, 0) is 4.79 Å². The standard InChI is InChI=1S/C10H10INO4/c11-7-4-2-1-3-6(7)9(14)12-5-8(13)10(15)16/h1-4,8,13H,5H2,(H,12,14)(H,15,16). The van der Waals surface area contributed by atoms with E-state index in [1.165, 1.54) is 0 Å². The van der Waals surface area contributed by atoms with Crippen molar-refractivity contribution in [3.63, 3.8) is 0 Å². The number of carboxylic acids is 1. The Bertz CT molecular complexity index is 408. The Labute approximate surface area is 106 Å². The number of halogens is 1. The van der Waals surface area contributed by atoms with E-state index in [-0.39, 0.29) is 6.54 Å². The number of carbonyl (C=O) groups excluding carboxylic acids is 1. The van der Waals surface area contributed by atoms with Crippen LogP contribution in [-0.4, -0.2) is 34.7 Å². The monoisotopic (exact) mass is 335 g/mol. The number of aliphatic carboxylic acids is 1. The summed E-state index contributed by atoms with van der Waals surface area (Å²) in [5.41, 5.74) is 0.459. The highest BCUT2D eigenvalue weighted by atomic mass is 127. The molecule has 0 aliphatic carbocycles. The van der Waals surface area contributed by atoms with E-state index in [2.05, 4.69) is 5.32 Å². The SMILES string of the molecule is O=C(NCC(O)C(=O)O)c1ccccc1I. The average molecular weight is 335 g/mol. The molecule has 1 aromatic carbocycles. The molecule has 0 spiro atoms. The molecule has 86 valence electrons. The van der Waals surface area contributed by atoms with Crippen molar-refractivity contribution in [3.05, 3.63) is 33.4 Å². The Morgan fingerprint density at radius 1 is 1.38 bits per heavy atom. The minimum Gasteiger partial charge on any atom is -0.479 e. The average Bonchev–Trinajstić information content (AvgIpc) is 2.25. The molecule has 5 nitrogen and oxygen atoms in total. The Morgan fingerprint density at radius 2 is 2.00 bits per heavy atom. The van der Waals surface area contributed by atoms with Gasteiger partial charge in [0.25, 0.3) is 5.91 Å². The molecule has 0 aliphatic heterocycles. The first-order chi connectivity index (χ1) is 7.52. The fraction of sp³-hybridized carbons (Fsp3) is 0.200. The number of hydrogen-bond donors (Lipinski definition) is 3. The molecule has 0 heterocycles. The Kier molecular flexibility index (Phi) is 4.69. The molecular formula is C10H10INO4. The smallest absolute Gasteiger partial charge is 0.334 e. The van der Waals surface area contributed by atoms with Gasteiger partial charge in [0.05, 0.1) is 12.1 Å². The maximum atomic E-state index is 11.6. The Balaban J connectivity index is 2.60. The van der Waals surface area contributed by atoms with Gasteiger partial charge < -0.3 is 15.5 Å². The molecule has 0 aromatic heterocycles. The first-order valence-electron chi connectivity index (χ1n) is 4.46.